The summed E-state index contributed by atoms with van der Waals surface area (Å²) in [6.45, 7) is 1.66. The summed E-state index contributed by atoms with van der Waals surface area (Å²) in [6.07, 6.45) is 0.486. The minimum atomic E-state index is -0.864. The summed E-state index contributed by atoms with van der Waals surface area (Å²) in [5.41, 5.74) is 1.06. The van der Waals surface area contributed by atoms with Crippen LogP contribution in [0.4, 0.5) is 0 Å². The zero-order valence-corrected chi connectivity index (χ0v) is 11.8. The summed E-state index contributed by atoms with van der Waals surface area (Å²) >= 11 is 0. The topological polar surface area (TPSA) is 75.6 Å². The fraction of sp³-hybridized carbons (Fsp3) is 0.467. The number of carboxylic acid groups (broad SMARTS) is 1. The normalized spacial score (nSPS) is 13.5. The Morgan fingerprint density at radius 3 is 2.50 bits per heavy atom. The summed E-state index contributed by atoms with van der Waals surface area (Å²) in [6, 6.07) is 9.46. The Morgan fingerprint density at radius 2 is 1.95 bits per heavy atom. The van der Waals surface area contributed by atoms with Crippen LogP contribution in [0.15, 0.2) is 30.3 Å². The first-order valence-corrected chi connectivity index (χ1v) is 6.61. The van der Waals surface area contributed by atoms with Crippen molar-refractivity contribution in [3.8, 4) is 0 Å². The molecule has 1 aromatic rings. The van der Waals surface area contributed by atoms with Gasteiger partial charge < -0.3 is 15.2 Å². The predicted octanol–water partition coefficient (Wildman–Crippen LogP) is 1.61. The predicted molar refractivity (Wildman–Crippen MR) is 75.4 cm³/mol. The number of hydrogen-bond donors (Lipinski definition) is 2. The number of methoxy groups -OCH3 is 1. The highest BCUT2D eigenvalue weighted by atomic mass is 16.5. The number of carbonyl (C=O) groups is 2. The second-order valence-electron chi connectivity index (χ2n) is 4.71. The quantitative estimate of drug-likeness (QED) is 0.758. The van der Waals surface area contributed by atoms with Gasteiger partial charge in [-0.15, -0.1) is 0 Å². The molecule has 0 saturated carbocycles. The van der Waals surface area contributed by atoms with Gasteiger partial charge in [-0.05, 0) is 25.3 Å². The highest BCUT2D eigenvalue weighted by Crippen LogP contribution is 2.08. The molecule has 0 bridgehead atoms. The van der Waals surface area contributed by atoms with Crippen LogP contribution < -0.4 is 5.32 Å². The zero-order chi connectivity index (χ0) is 15.0. The van der Waals surface area contributed by atoms with E-state index in [1.54, 1.807) is 6.92 Å². The second-order valence-corrected chi connectivity index (χ2v) is 4.71. The van der Waals surface area contributed by atoms with Crippen LogP contribution in [0.3, 0.4) is 0 Å². The molecule has 20 heavy (non-hydrogen) atoms. The molecule has 0 aliphatic carbocycles. The Labute approximate surface area is 118 Å². The maximum Gasteiger partial charge on any atom is 0.303 e. The Kier molecular flexibility index (Phi) is 6.73. The second kappa shape index (κ2) is 8.32. The Bertz CT molecular complexity index is 433. The van der Waals surface area contributed by atoms with Crippen molar-refractivity contribution < 1.29 is 19.4 Å². The lowest BCUT2D eigenvalue weighted by molar-refractivity contribution is -0.138. The molecule has 110 valence electrons. The van der Waals surface area contributed by atoms with E-state index in [1.807, 2.05) is 30.3 Å². The van der Waals surface area contributed by atoms with Crippen LogP contribution in [0.1, 0.15) is 25.3 Å². The molecule has 2 atom stereocenters. The van der Waals surface area contributed by atoms with Crippen LogP contribution in [-0.2, 0) is 20.7 Å². The summed E-state index contributed by atoms with van der Waals surface area (Å²) in [5, 5.41) is 11.6. The van der Waals surface area contributed by atoms with Crippen molar-refractivity contribution in [3.05, 3.63) is 35.9 Å². The monoisotopic (exact) mass is 279 g/mol. The first kappa shape index (κ1) is 16.2. The van der Waals surface area contributed by atoms with Crippen molar-refractivity contribution in [3.63, 3.8) is 0 Å². The fourth-order valence-electron chi connectivity index (χ4n) is 1.85. The van der Waals surface area contributed by atoms with Gasteiger partial charge in [0, 0.05) is 19.6 Å². The highest BCUT2D eigenvalue weighted by molar-refractivity contribution is 5.80. The first-order chi connectivity index (χ1) is 9.52. The summed E-state index contributed by atoms with van der Waals surface area (Å²) in [7, 11) is 1.47. The maximum absolute atomic E-state index is 11.8. The number of carboxylic acids is 1. The van der Waals surface area contributed by atoms with E-state index in [9.17, 15) is 9.59 Å². The molecule has 0 saturated heterocycles. The van der Waals surface area contributed by atoms with E-state index in [1.165, 1.54) is 7.11 Å². The van der Waals surface area contributed by atoms with Crippen LogP contribution in [0.25, 0.3) is 0 Å². The van der Waals surface area contributed by atoms with Gasteiger partial charge in [-0.2, -0.15) is 0 Å². The van der Waals surface area contributed by atoms with E-state index in [4.69, 9.17) is 9.84 Å². The molecule has 0 aromatic heterocycles. The summed E-state index contributed by atoms with van der Waals surface area (Å²) in [5.74, 6) is -1.09. The van der Waals surface area contributed by atoms with Gasteiger partial charge in [-0.25, -0.2) is 0 Å². The minimum absolute atomic E-state index is 0.0269. The van der Waals surface area contributed by atoms with E-state index >= 15 is 0 Å². The number of aliphatic carboxylic acids is 1. The molecule has 0 fully saturated rings. The van der Waals surface area contributed by atoms with E-state index in [0.29, 0.717) is 12.8 Å². The van der Waals surface area contributed by atoms with Gasteiger partial charge in [0.2, 0.25) is 5.91 Å². The highest BCUT2D eigenvalue weighted by Gasteiger charge is 2.18. The molecule has 0 heterocycles. The number of carbonyl (C=O) groups excluding carboxylic acids is 1. The lowest BCUT2D eigenvalue weighted by atomic mass is 10.0. The SMILES string of the molecule is COC(C)C(=O)NC(CCC(=O)O)Cc1ccccc1. The zero-order valence-electron chi connectivity index (χ0n) is 11.8. The number of hydrogen-bond acceptors (Lipinski definition) is 3. The Morgan fingerprint density at radius 1 is 1.30 bits per heavy atom. The third kappa shape index (κ3) is 5.84. The van der Waals surface area contributed by atoms with Gasteiger partial charge in [0.1, 0.15) is 6.10 Å². The number of ether oxygens (including phenoxy) is 1. The van der Waals surface area contributed by atoms with Crippen molar-refractivity contribution in [1.29, 1.82) is 0 Å². The first-order valence-electron chi connectivity index (χ1n) is 6.61. The lowest BCUT2D eigenvalue weighted by Gasteiger charge is -2.20. The van der Waals surface area contributed by atoms with Gasteiger partial charge in [-0.3, -0.25) is 9.59 Å². The number of rotatable bonds is 8. The van der Waals surface area contributed by atoms with Gasteiger partial charge in [0.25, 0.3) is 0 Å². The van der Waals surface area contributed by atoms with E-state index in [0.717, 1.165) is 5.56 Å². The molecule has 5 heteroatoms. The van der Waals surface area contributed by atoms with Gasteiger partial charge in [0.15, 0.2) is 0 Å². The molecule has 1 amide bonds. The molecule has 1 aromatic carbocycles. The maximum atomic E-state index is 11.8. The van der Waals surface area contributed by atoms with E-state index in [-0.39, 0.29) is 18.4 Å². The molecule has 5 nitrogen and oxygen atoms in total. The number of nitrogens with one attached hydrogen (secondary N) is 1. The number of amides is 1. The molecular formula is C15H21NO4. The largest absolute Gasteiger partial charge is 0.481 e. The molecule has 0 aliphatic rings. The van der Waals surface area contributed by atoms with Crippen LogP contribution in [0, 0.1) is 0 Å². The summed E-state index contributed by atoms with van der Waals surface area (Å²) in [4.78, 5) is 22.5. The Hall–Kier alpha value is -1.88. The van der Waals surface area contributed by atoms with Crippen LogP contribution in [-0.4, -0.2) is 36.2 Å². The van der Waals surface area contributed by atoms with Crippen molar-refractivity contribution >= 4 is 11.9 Å². The molecule has 0 radical (unpaired) electrons. The van der Waals surface area contributed by atoms with Crippen molar-refractivity contribution in [1.82, 2.24) is 5.32 Å². The average molecular weight is 279 g/mol. The van der Waals surface area contributed by atoms with Crippen LogP contribution in [0.5, 0.6) is 0 Å². The Balaban J connectivity index is 2.64. The lowest BCUT2D eigenvalue weighted by Crippen LogP contribution is -2.42. The van der Waals surface area contributed by atoms with Crippen LogP contribution in [0.2, 0.25) is 0 Å². The molecule has 2 unspecified atom stereocenters. The molecule has 1 rings (SSSR count). The van der Waals surface area contributed by atoms with Gasteiger partial charge >= 0.3 is 5.97 Å². The number of benzene rings is 1. The van der Waals surface area contributed by atoms with Gasteiger partial charge in [0.05, 0.1) is 0 Å². The molecule has 2 N–H and O–H groups in total. The average Bonchev–Trinajstić information content (AvgIpc) is 2.44. The van der Waals surface area contributed by atoms with Gasteiger partial charge in [-0.1, -0.05) is 30.3 Å². The third-order valence-corrected chi connectivity index (χ3v) is 3.10. The fourth-order valence-corrected chi connectivity index (χ4v) is 1.85. The molecule has 0 spiro atoms. The van der Waals surface area contributed by atoms with Crippen molar-refractivity contribution in [2.45, 2.75) is 38.3 Å². The third-order valence-electron chi connectivity index (χ3n) is 3.10. The smallest absolute Gasteiger partial charge is 0.303 e. The van der Waals surface area contributed by atoms with Crippen molar-refractivity contribution in [2.24, 2.45) is 0 Å². The molecule has 0 aliphatic heterocycles. The van der Waals surface area contributed by atoms with E-state index in [2.05, 4.69) is 5.32 Å². The van der Waals surface area contributed by atoms with E-state index < -0.39 is 12.1 Å². The minimum Gasteiger partial charge on any atom is -0.481 e. The van der Waals surface area contributed by atoms with Crippen LogP contribution >= 0.6 is 0 Å². The molecular weight excluding hydrogens is 258 g/mol. The van der Waals surface area contributed by atoms with Crippen molar-refractivity contribution in [2.75, 3.05) is 7.11 Å². The summed E-state index contributed by atoms with van der Waals surface area (Å²) < 4.78 is 4.96. The standard InChI is InChI=1S/C15H21NO4/c1-11(20-2)15(19)16-13(8-9-14(17)18)10-12-6-4-3-5-7-12/h3-7,11,13H,8-10H2,1-2H3,(H,16,19)(H,17,18).